The van der Waals surface area contributed by atoms with E-state index in [0.717, 1.165) is 31.2 Å². The first kappa shape index (κ1) is 45.1. The van der Waals surface area contributed by atoms with Crippen molar-refractivity contribution in [1.29, 1.82) is 0 Å². The van der Waals surface area contributed by atoms with Crippen LogP contribution < -0.4 is 24.6 Å². The molecular weight excluding hydrogens is 828 g/mol. The molecule has 1 unspecified atom stereocenters. The molecule has 3 amide bonds. The minimum atomic E-state index is -4.58. The number of alkyl carbamates (subject to hydrolysis) is 1. The highest BCUT2D eigenvalue weighted by atomic mass is 31.2. The maximum absolute atomic E-state index is 15.1. The molecule has 2 aliphatic carbocycles. The largest absolute Gasteiger partial charge is 0.497 e. The quantitative estimate of drug-likeness (QED) is 0.0725. The number of hydrogen-bond acceptors (Lipinski definition) is 11. The number of carbonyl (C=O) groups excluding carboxylic acids is 3. The summed E-state index contributed by atoms with van der Waals surface area (Å²) >= 11 is 0. The zero-order valence-corrected chi connectivity index (χ0v) is 37.0. The van der Waals surface area contributed by atoms with E-state index in [-0.39, 0.29) is 31.2 Å². The third-order valence-electron chi connectivity index (χ3n) is 11.9. The molecule has 7 atom stereocenters. The number of likely N-dealkylation sites (tertiary alicyclic amines) is 1. The van der Waals surface area contributed by atoms with Gasteiger partial charge in [-0.05, 0) is 68.7 Å². The van der Waals surface area contributed by atoms with Crippen LogP contribution in [0.3, 0.4) is 0 Å². The highest BCUT2D eigenvalue weighted by molar-refractivity contribution is 7.56. The molecule has 3 N–H and O–H groups in total. The standard InChI is InChI=1S/C47H55N4O11P/c1-7-31-27-47(31,63(57,61-29(2)44(54)55)62-33-20-12-9-13-21-33)50-42(52)39-25-35(28-51(39)43(53)41(46(3,4)5)49-45(56)60-32-18-14-15-19-32)59-40-26-37(30-16-10-8-11-17-30)48-38-24-34(58-6)22-23-36(38)40/h7-13,16-17,20-24,26,29,31-32,35,39,41H,1,14-15,18-19,25,27-28H2,2-6H3,(H,49,56)(H,50,52)(H,54,55)/t29-,31+,35+,39-,41+,47-,63?/m0/s1. The molecule has 3 aliphatic rings. The Morgan fingerprint density at radius 2 is 1.65 bits per heavy atom. The van der Waals surface area contributed by atoms with E-state index in [4.69, 9.17) is 28.2 Å². The number of aromatic nitrogens is 1. The van der Waals surface area contributed by atoms with E-state index in [9.17, 15) is 24.3 Å². The van der Waals surface area contributed by atoms with Gasteiger partial charge < -0.3 is 39.4 Å². The van der Waals surface area contributed by atoms with Crippen molar-refractivity contribution in [2.45, 2.75) is 102 Å². The van der Waals surface area contributed by atoms with Crippen molar-refractivity contribution in [1.82, 2.24) is 20.5 Å². The minimum Gasteiger partial charge on any atom is -0.497 e. The van der Waals surface area contributed by atoms with Crippen LogP contribution in [-0.2, 0) is 28.2 Å². The summed E-state index contributed by atoms with van der Waals surface area (Å²) in [6, 6.07) is 22.6. The van der Waals surface area contributed by atoms with Gasteiger partial charge in [0, 0.05) is 35.4 Å². The molecule has 0 spiro atoms. The molecule has 1 saturated heterocycles. The molecule has 0 radical (unpaired) electrons. The number of rotatable bonds is 16. The summed E-state index contributed by atoms with van der Waals surface area (Å²) in [5.74, 6) is -2.13. The van der Waals surface area contributed by atoms with Crippen LogP contribution in [0.1, 0.15) is 66.2 Å². The summed E-state index contributed by atoms with van der Waals surface area (Å²) in [5.41, 5.74) is 1.21. The molecule has 334 valence electrons. The van der Waals surface area contributed by atoms with Crippen molar-refractivity contribution in [2.75, 3.05) is 13.7 Å². The van der Waals surface area contributed by atoms with Gasteiger partial charge in [-0.3, -0.25) is 14.1 Å². The Balaban J connectivity index is 1.25. The lowest BCUT2D eigenvalue weighted by Crippen LogP contribution is -2.58. The number of nitrogens with zero attached hydrogens (tertiary/aromatic N) is 2. The van der Waals surface area contributed by atoms with Gasteiger partial charge in [-0.15, -0.1) is 6.58 Å². The van der Waals surface area contributed by atoms with Crippen LogP contribution in [0.5, 0.6) is 17.2 Å². The Morgan fingerprint density at radius 1 is 0.968 bits per heavy atom. The lowest BCUT2D eigenvalue weighted by molar-refractivity contribution is -0.144. The van der Waals surface area contributed by atoms with Crippen LogP contribution in [0.15, 0.2) is 97.6 Å². The van der Waals surface area contributed by atoms with Crippen molar-refractivity contribution in [3.8, 4) is 28.5 Å². The number of para-hydroxylation sites is 1. The first-order valence-electron chi connectivity index (χ1n) is 21.2. The van der Waals surface area contributed by atoms with E-state index >= 15 is 4.57 Å². The maximum Gasteiger partial charge on any atom is 0.408 e. The number of carbonyl (C=O) groups is 4. The smallest absolute Gasteiger partial charge is 0.408 e. The van der Waals surface area contributed by atoms with Gasteiger partial charge in [-0.1, -0.05) is 75.4 Å². The highest BCUT2D eigenvalue weighted by Gasteiger charge is 2.70. The van der Waals surface area contributed by atoms with Gasteiger partial charge in [-0.25, -0.2) is 19.1 Å². The SMILES string of the molecule is C=C[C@@H]1C[C@]1(NC(=O)[C@@H]1C[C@@H](Oc2cc(-c3ccccc3)nc3cc(OC)ccc23)CN1C(=O)[C@@H](NC(=O)OC1CCCC1)C(C)(C)C)P(=O)(Oc1ccccc1)O[C@@H](C)C(=O)O. The van der Waals surface area contributed by atoms with Gasteiger partial charge in [0.1, 0.15) is 41.5 Å². The number of methoxy groups -OCH3 is 1. The normalized spacial score (nSPS) is 22.9. The second kappa shape index (κ2) is 18.4. The Bertz CT molecular complexity index is 2390. The summed E-state index contributed by atoms with van der Waals surface area (Å²) in [7, 11) is -3.01. The summed E-state index contributed by atoms with van der Waals surface area (Å²) < 4.78 is 44.9. The molecule has 15 nitrogen and oxygen atoms in total. The molecule has 63 heavy (non-hydrogen) atoms. The summed E-state index contributed by atoms with van der Waals surface area (Å²) in [6.45, 7) is 10.5. The number of hydrogen-bond donors (Lipinski definition) is 3. The summed E-state index contributed by atoms with van der Waals surface area (Å²) in [6.07, 6.45) is 1.54. The number of amides is 3. The number of fused-ring (bicyclic) bond motifs is 1. The molecule has 4 aromatic rings. The average Bonchev–Trinajstić information content (AvgIpc) is 3.51. The number of carboxylic acid groups (broad SMARTS) is 1. The van der Waals surface area contributed by atoms with Crippen LogP contribution in [0, 0.1) is 11.3 Å². The third-order valence-corrected chi connectivity index (χ3v) is 14.5. The molecule has 0 bridgehead atoms. The highest BCUT2D eigenvalue weighted by Crippen LogP contribution is 2.72. The van der Waals surface area contributed by atoms with Gasteiger partial charge in [0.25, 0.3) is 0 Å². The van der Waals surface area contributed by atoms with Crippen molar-refractivity contribution in [2.24, 2.45) is 11.3 Å². The molecule has 1 aromatic heterocycles. The summed E-state index contributed by atoms with van der Waals surface area (Å²) in [4.78, 5) is 61.6. The number of nitrogens with one attached hydrogen (secondary N) is 2. The van der Waals surface area contributed by atoms with Crippen LogP contribution >= 0.6 is 7.60 Å². The van der Waals surface area contributed by atoms with Gasteiger partial charge >= 0.3 is 19.7 Å². The number of carboxylic acids is 1. The fourth-order valence-corrected chi connectivity index (χ4v) is 10.8. The molecular formula is C47H55N4O11P. The molecule has 2 heterocycles. The fourth-order valence-electron chi connectivity index (χ4n) is 8.28. The van der Waals surface area contributed by atoms with E-state index in [1.54, 1.807) is 70.3 Å². The Hall–Kier alpha value is -5.92. The van der Waals surface area contributed by atoms with Crippen LogP contribution in [0.25, 0.3) is 22.2 Å². The van der Waals surface area contributed by atoms with E-state index in [1.165, 1.54) is 17.9 Å². The number of benzene rings is 3. The van der Waals surface area contributed by atoms with E-state index < -0.39 is 72.4 Å². The predicted molar refractivity (Wildman–Crippen MR) is 235 cm³/mol. The molecule has 3 aromatic carbocycles. The zero-order valence-electron chi connectivity index (χ0n) is 36.2. The average molecular weight is 883 g/mol. The Labute approximate surface area is 367 Å². The maximum atomic E-state index is 15.1. The monoisotopic (exact) mass is 882 g/mol. The van der Waals surface area contributed by atoms with Gasteiger partial charge in [-0.2, -0.15) is 0 Å². The molecule has 7 rings (SSSR count). The van der Waals surface area contributed by atoms with E-state index in [2.05, 4.69) is 17.2 Å². The van der Waals surface area contributed by atoms with Gasteiger partial charge in [0.15, 0.2) is 11.4 Å². The van der Waals surface area contributed by atoms with E-state index in [1.807, 2.05) is 42.5 Å². The molecule has 1 aliphatic heterocycles. The van der Waals surface area contributed by atoms with Crippen LogP contribution in [0.2, 0.25) is 0 Å². The molecule has 16 heteroatoms. The topological polar surface area (TPSA) is 192 Å². The van der Waals surface area contributed by atoms with Crippen LogP contribution in [-0.4, -0.2) is 88.2 Å². The second-order valence-corrected chi connectivity index (χ2v) is 19.6. The summed E-state index contributed by atoms with van der Waals surface area (Å²) in [5, 5.41) is 14.5. The fraction of sp³-hybridized carbons (Fsp3) is 0.426. The first-order valence-corrected chi connectivity index (χ1v) is 22.8. The lowest BCUT2D eigenvalue weighted by atomic mass is 9.85. The van der Waals surface area contributed by atoms with Crippen LogP contribution in [0.4, 0.5) is 4.79 Å². The lowest BCUT2D eigenvalue weighted by Gasteiger charge is -2.36. The molecule has 3 fully saturated rings. The predicted octanol–water partition coefficient (Wildman–Crippen LogP) is 8.12. The number of aliphatic carboxylic acids is 1. The zero-order chi connectivity index (χ0) is 45.1. The minimum absolute atomic E-state index is 0.0212. The second-order valence-electron chi connectivity index (χ2n) is 17.4. The van der Waals surface area contributed by atoms with Crippen molar-refractivity contribution in [3.63, 3.8) is 0 Å². The van der Waals surface area contributed by atoms with Crippen molar-refractivity contribution in [3.05, 3.63) is 97.6 Å². The Morgan fingerprint density at radius 3 is 2.27 bits per heavy atom. The van der Waals surface area contributed by atoms with Crippen molar-refractivity contribution < 1.29 is 52.1 Å². The Kier molecular flexibility index (Phi) is 13.2. The van der Waals surface area contributed by atoms with Crippen molar-refractivity contribution >= 4 is 42.4 Å². The molecule has 2 saturated carbocycles. The third kappa shape index (κ3) is 9.84. The first-order chi connectivity index (χ1) is 30.0. The van der Waals surface area contributed by atoms with Gasteiger partial charge in [0.05, 0.1) is 24.9 Å². The number of pyridine rings is 1. The van der Waals surface area contributed by atoms with E-state index in [0.29, 0.717) is 28.1 Å². The van der Waals surface area contributed by atoms with Gasteiger partial charge in [0.2, 0.25) is 11.8 Å². The number of ether oxygens (including phenoxy) is 3.